The normalized spacial score (nSPS) is 12.4. The maximum absolute atomic E-state index is 13.9. The fraction of sp³-hybridized carbons (Fsp3) is 0.250. The lowest BCUT2D eigenvalue weighted by molar-refractivity contribution is 0.533. The highest BCUT2D eigenvalue weighted by Crippen LogP contribution is 2.27. The molecule has 2 aromatic carbocycles. The van der Waals surface area contributed by atoms with Gasteiger partial charge in [-0.15, -0.1) is 11.8 Å². The summed E-state index contributed by atoms with van der Waals surface area (Å²) in [6, 6.07) is 9.31. The van der Waals surface area contributed by atoms with E-state index in [1.54, 1.807) is 12.1 Å². The summed E-state index contributed by atoms with van der Waals surface area (Å²) in [5, 5.41) is 3.13. The van der Waals surface area contributed by atoms with Crippen LogP contribution >= 0.6 is 11.8 Å². The van der Waals surface area contributed by atoms with E-state index in [2.05, 4.69) is 5.32 Å². The van der Waals surface area contributed by atoms with Gasteiger partial charge in [-0.05, 0) is 42.9 Å². The summed E-state index contributed by atoms with van der Waals surface area (Å²) >= 11 is 1.40. The molecule has 0 radical (unpaired) electrons. The Morgan fingerprint density at radius 1 is 1.05 bits per heavy atom. The SMILES string of the molecule is CCNC(CSc1cccc(F)c1)c1cc(F)ccc1F. The molecule has 2 aromatic rings. The van der Waals surface area contributed by atoms with E-state index in [1.807, 2.05) is 6.92 Å². The summed E-state index contributed by atoms with van der Waals surface area (Å²) in [5.74, 6) is -0.735. The van der Waals surface area contributed by atoms with Crippen molar-refractivity contribution in [3.63, 3.8) is 0 Å². The molecular formula is C16H16F3NS. The number of benzene rings is 2. The molecule has 2 rings (SSSR count). The van der Waals surface area contributed by atoms with Gasteiger partial charge in [0.2, 0.25) is 0 Å². The Labute approximate surface area is 126 Å². The van der Waals surface area contributed by atoms with Crippen molar-refractivity contribution in [1.82, 2.24) is 5.32 Å². The van der Waals surface area contributed by atoms with Crippen molar-refractivity contribution in [2.24, 2.45) is 0 Å². The predicted octanol–water partition coefficient (Wildman–Crippen LogP) is 4.55. The van der Waals surface area contributed by atoms with E-state index in [0.29, 0.717) is 17.9 Å². The highest BCUT2D eigenvalue weighted by Gasteiger charge is 2.16. The zero-order valence-electron chi connectivity index (χ0n) is 11.6. The van der Waals surface area contributed by atoms with Gasteiger partial charge in [-0.1, -0.05) is 13.0 Å². The first-order chi connectivity index (χ1) is 10.1. The third-order valence-corrected chi connectivity index (χ3v) is 4.08. The lowest BCUT2D eigenvalue weighted by atomic mass is 10.1. The van der Waals surface area contributed by atoms with Crippen LogP contribution in [0.4, 0.5) is 13.2 Å². The average molecular weight is 311 g/mol. The van der Waals surface area contributed by atoms with Gasteiger partial charge in [0, 0.05) is 22.3 Å². The number of thioether (sulfide) groups is 1. The summed E-state index contributed by atoms with van der Waals surface area (Å²) < 4.78 is 40.3. The molecule has 0 heterocycles. The van der Waals surface area contributed by atoms with Crippen LogP contribution in [-0.2, 0) is 0 Å². The third kappa shape index (κ3) is 4.51. The molecule has 0 aliphatic carbocycles. The standard InChI is InChI=1S/C16H16F3NS/c1-2-20-16(14-9-12(18)6-7-15(14)19)10-21-13-5-3-4-11(17)8-13/h3-9,16,20H,2,10H2,1H3. The van der Waals surface area contributed by atoms with Crippen LogP contribution in [-0.4, -0.2) is 12.3 Å². The van der Waals surface area contributed by atoms with Crippen LogP contribution < -0.4 is 5.32 Å². The second kappa shape index (κ2) is 7.52. The first-order valence-corrected chi connectivity index (χ1v) is 7.65. The van der Waals surface area contributed by atoms with Crippen LogP contribution in [0.5, 0.6) is 0 Å². The maximum Gasteiger partial charge on any atom is 0.128 e. The summed E-state index contributed by atoms with van der Waals surface area (Å²) in [7, 11) is 0. The molecule has 1 nitrogen and oxygen atoms in total. The van der Waals surface area contributed by atoms with Gasteiger partial charge in [-0.2, -0.15) is 0 Å². The first kappa shape index (κ1) is 15.9. The lowest BCUT2D eigenvalue weighted by Crippen LogP contribution is -2.24. The number of nitrogens with one attached hydrogen (secondary N) is 1. The fourth-order valence-corrected chi connectivity index (χ4v) is 3.05. The van der Waals surface area contributed by atoms with E-state index in [0.717, 1.165) is 17.0 Å². The zero-order valence-corrected chi connectivity index (χ0v) is 12.4. The molecule has 1 unspecified atom stereocenters. The van der Waals surface area contributed by atoms with Gasteiger partial charge in [0.1, 0.15) is 17.5 Å². The number of hydrogen-bond acceptors (Lipinski definition) is 2. The Bertz CT molecular complexity index is 604. The van der Waals surface area contributed by atoms with Crippen LogP contribution in [0.25, 0.3) is 0 Å². The fourth-order valence-electron chi connectivity index (χ4n) is 2.02. The minimum Gasteiger partial charge on any atom is -0.309 e. The zero-order chi connectivity index (χ0) is 15.2. The molecule has 0 spiro atoms. The summed E-state index contributed by atoms with van der Waals surface area (Å²) in [4.78, 5) is 0.759. The van der Waals surface area contributed by atoms with Crippen molar-refractivity contribution in [2.75, 3.05) is 12.3 Å². The van der Waals surface area contributed by atoms with Crippen LogP contribution in [0.15, 0.2) is 47.4 Å². The highest BCUT2D eigenvalue weighted by atomic mass is 32.2. The highest BCUT2D eigenvalue weighted by molar-refractivity contribution is 7.99. The monoisotopic (exact) mass is 311 g/mol. The van der Waals surface area contributed by atoms with Crippen molar-refractivity contribution in [3.8, 4) is 0 Å². The summed E-state index contributed by atoms with van der Waals surface area (Å²) in [5.41, 5.74) is 0.292. The van der Waals surface area contributed by atoms with Crippen molar-refractivity contribution in [3.05, 3.63) is 65.5 Å². The molecule has 0 bridgehead atoms. The summed E-state index contributed by atoms with van der Waals surface area (Å²) in [6.45, 7) is 2.53. The van der Waals surface area contributed by atoms with E-state index in [1.165, 1.54) is 30.0 Å². The van der Waals surface area contributed by atoms with Crippen molar-refractivity contribution in [1.29, 1.82) is 0 Å². The maximum atomic E-state index is 13.9. The van der Waals surface area contributed by atoms with Gasteiger partial charge in [0.25, 0.3) is 0 Å². The Morgan fingerprint density at radius 3 is 2.52 bits per heavy atom. The van der Waals surface area contributed by atoms with Gasteiger partial charge in [0.05, 0.1) is 0 Å². The predicted molar refractivity (Wildman–Crippen MR) is 79.9 cm³/mol. The van der Waals surface area contributed by atoms with Crippen molar-refractivity contribution in [2.45, 2.75) is 17.9 Å². The molecule has 0 aliphatic rings. The Hall–Kier alpha value is -1.46. The molecule has 0 fully saturated rings. The molecule has 112 valence electrons. The van der Waals surface area contributed by atoms with Gasteiger partial charge < -0.3 is 5.32 Å². The van der Waals surface area contributed by atoms with E-state index < -0.39 is 11.6 Å². The molecule has 0 saturated heterocycles. The number of hydrogen-bond donors (Lipinski definition) is 1. The van der Waals surface area contributed by atoms with Crippen molar-refractivity contribution < 1.29 is 13.2 Å². The molecule has 5 heteroatoms. The Morgan fingerprint density at radius 2 is 1.81 bits per heavy atom. The molecule has 0 saturated carbocycles. The van der Waals surface area contributed by atoms with Gasteiger partial charge in [-0.3, -0.25) is 0 Å². The van der Waals surface area contributed by atoms with Crippen molar-refractivity contribution >= 4 is 11.8 Å². The molecule has 0 aromatic heterocycles. The quantitative estimate of drug-likeness (QED) is 0.786. The summed E-state index contributed by atoms with van der Waals surface area (Å²) in [6.07, 6.45) is 0. The van der Waals surface area contributed by atoms with Gasteiger partial charge in [0.15, 0.2) is 0 Å². The molecule has 0 amide bonds. The molecule has 1 atom stereocenters. The van der Waals surface area contributed by atoms with Gasteiger partial charge in [-0.25, -0.2) is 13.2 Å². The van der Waals surface area contributed by atoms with E-state index in [9.17, 15) is 13.2 Å². The molecule has 21 heavy (non-hydrogen) atoms. The largest absolute Gasteiger partial charge is 0.309 e. The van der Waals surface area contributed by atoms with E-state index >= 15 is 0 Å². The van der Waals surface area contributed by atoms with Gasteiger partial charge >= 0.3 is 0 Å². The van der Waals surface area contributed by atoms with Crippen LogP contribution in [0.1, 0.15) is 18.5 Å². The van der Waals surface area contributed by atoms with E-state index in [4.69, 9.17) is 0 Å². The van der Waals surface area contributed by atoms with Crippen LogP contribution in [0, 0.1) is 17.5 Å². The van der Waals surface area contributed by atoms with E-state index in [-0.39, 0.29) is 11.9 Å². The smallest absolute Gasteiger partial charge is 0.128 e. The Balaban J connectivity index is 2.13. The molecule has 1 N–H and O–H groups in total. The number of halogens is 3. The lowest BCUT2D eigenvalue weighted by Gasteiger charge is -2.18. The minimum absolute atomic E-state index is 0.292. The molecular weight excluding hydrogens is 295 g/mol. The second-order valence-corrected chi connectivity index (χ2v) is 5.64. The van der Waals surface area contributed by atoms with Crippen LogP contribution in [0.2, 0.25) is 0 Å². The first-order valence-electron chi connectivity index (χ1n) is 6.67. The third-order valence-electron chi connectivity index (χ3n) is 3.00. The second-order valence-electron chi connectivity index (χ2n) is 4.54. The minimum atomic E-state index is -0.468. The molecule has 0 aliphatic heterocycles. The number of rotatable bonds is 6. The average Bonchev–Trinajstić information content (AvgIpc) is 2.46. The Kier molecular flexibility index (Phi) is 5.70. The van der Waals surface area contributed by atoms with Crippen LogP contribution in [0.3, 0.4) is 0 Å². The topological polar surface area (TPSA) is 12.0 Å².